The van der Waals surface area contributed by atoms with Gasteiger partial charge in [-0.05, 0) is 105 Å². The van der Waals surface area contributed by atoms with Crippen LogP contribution in [0.15, 0.2) is 78.9 Å². The standard InChI is InChI=1S/C31H34N4O3/c1-21(28-6-4-5-19-32-28)38-27-17-11-24(12-18-27)33-31-34-29(22-7-13-25(36-2)14-8-22)20-30(35-31)23-9-15-26(37-3)16-10-23/h7-18,20-21,28,32H,4-6,19H2,1-3H3,(H,33,34,35). The van der Waals surface area contributed by atoms with Crippen molar-refractivity contribution in [1.82, 2.24) is 15.3 Å². The molecule has 3 aromatic carbocycles. The van der Waals surface area contributed by atoms with Crippen molar-refractivity contribution >= 4 is 11.6 Å². The highest BCUT2D eigenvalue weighted by Gasteiger charge is 2.20. The van der Waals surface area contributed by atoms with Crippen LogP contribution >= 0.6 is 0 Å². The SMILES string of the molecule is COc1ccc(-c2cc(-c3ccc(OC)cc3)nc(Nc3ccc(OC(C)C4CCCCN4)cc3)n2)cc1. The molecule has 0 radical (unpaired) electrons. The lowest BCUT2D eigenvalue weighted by Crippen LogP contribution is -2.44. The summed E-state index contributed by atoms with van der Waals surface area (Å²) in [7, 11) is 3.32. The molecule has 38 heavy (non-hydrogen) atoms. The van der Waals surface area contributed by atoms with Crippen LogP contribution in [0.1, 0.15) is 26.2 Å². The Morgan fingerprint density at radius 1 is 0.763 bits per heavy atom. The zero-order valence-electron chi connectivity index (χ0n) is 22.1. The fraction of sp³-hybridized carbons (Fsp3) is 0.290. The van der Waals surface area contributed by atoms with Crippen LogP contribution in [-0.2, 0) is 0 Å². The minimum Gasteiger partial charge on any atom is -0.497 e. The maximum Gasteiger partial charge on any atom is 0.228 e. The highest BCUT2D eigenvalue weighted by molar-refractivity contribution is 5.71. The summed E-state index contributed by atoms with van der Waals surface area (Å²) >= 11 is 0. The molecule has 0 amide bonds. The first-order valence-electron chi connectivity index (χ1n) is 13.1. The Bertz CT molecular complexity index is 1250. The third-order valence-electron chi connectivity index (χ3n) is 6.85. The monoisotopic (exact) mass is 510 g/mol. The Morgan fingerprint density at radius 3 is 1.82 bits per heavy atom. The molecule has 1 aliphatic heterocycles. The number of benzene rings is 3. The number of nitrogens with one attached hydrogen (secondary N) is 2. The second-order valence-electron chi connectivity index (χ2n) is 9.45. The number of ether oxygens (including phenoxy) is 3. The Hall–Kier alpha value is -4.10. The number of methoxy groups -OCH3 is 2. The fourth-order valence-corrected chi connectivity index (χ4v) is 4.64. The molecule has 2 atom stereocenters. The average molecular weight is 511 g/mol. The molecule has 0 spiro atoms. The van der Waals surface area contributed by atoms with Gasteiger partial charge in [0.2, 0.25) is 5.95 Å². The number of hydrogen-bond acceptors (Lipinski definition) is 7. The molecule has 0 saturated carbocycles. The van der Waals surface area contributed by atoms with Crippen molar-refractivity contribution in [2.24, 2.45) is 0 Å². The Kier molecular flexibility index (Phi) is 8.04. The van der Waals surface area contributed by atoms with Crippen molar-refractivity contribution in [2.45, 2.75) is 38.3 Å². The molecule has 0 bridgehead atoms. The van der Waals surface area contributed by atoms with Gasteiger partial charge in [-0.25, -0.2) is 9.97 Å². The van der Waals surface area contributed by atoms with Gasteiger partial charge in [-0.1, -0.05) is 6.42 Å². The van der Waals surface area contributed by atoms with Gasteiger partial charge in [-0.15, -0.1) is 0 Å². The highest BCUT2D eigenvalue weighted by atomic mass is 16.5. The van der Waals surface area contributed by atoms with Gasteiger partial charge in [0, 0.05) is 22.9 Å². The number of piperidine rings is 1. The van der Waals surface area contributed by atoms with Crippen LogP contribution in [0.5, 0.6) is 17.2 Å². The molecule has 4 aromatic rings. The summed E-state index contributed by atoms with van der Waals surface area (Å²) in [6.07, 6.45) is 3.76. The Balaban J connectivity index is 1.38. The van der Waals surface area contributed by atoms with Gasteiger partial charge in [0.25, 0.3) is 0 Å². The minimum atomic E-state index is 0.116. The summed E-state index contributed by atoms with van der Waals surface area (Å²) in [6, 6.07) is 26.1. The third-order valence-corrected chi connectivity index (χ3v) is 6.85. The van der Waals surface area contributed by atoms with E-state index < -0.39 is 0 Å². The third kappa shape index (κ3) is 6.23. The van der Waals surface area contributed by atoms with E-state index in [-0.39, 0.29) is 6.10 Å². The van der Waals surface area contributed by atoms with Crippen molar-refractivity contribution in [3.63, 3.8) is 0 Å². The molecular weight excluding hydrogens is 476 g/mol. The lowest BCUT2D eigenvalue weighted by Gasteiger charge is -2.29. The predicted octanol–water partition coefficient (Wildman–Crippen LogP) is 6.48. The molecule has 1 aliphatic rings. The second kappa shape index (κ2) is 12.0. The smallest absolute Gasteiger partial charge is 0.228 e. The van der Waals surface area contributed by atoms with E-state index in [0.29, 0.717) is 12.0 Å². The fourth-order valence-electron chi connectivity index (χ4n) is 4.64. The molecule has 0 aliphatic carbocycles. The van der Waals surface area contributed by atoms with E-state index in [9.17, 15) is 0 Å². The quantitative estimate of drug-likeness (QED) is 0.267. The first kappa shape index (κ1) is 25.5. The second-order valence-corrected chi connectivity index (χ2v) is 9.45. The van der Waals surface area contributed by atoms with Gasteiger partial charge in [-0.3, -0.25) is 0 Å². The highest BCUT2D eigenvalue weighted by Crippen LogP contribution is 2.29. The van der Waals surface area contributed by atoms with Crippen molar-refractivity contribution in [3.8, 4) is 39.8 Å². The number of hydrogen-bond donors (Lipinski definition) is 2. The Labute approximate surface area is 224 Å². The molecule has 7 nitrogen and oxygen atoms in total. The van der Waals surface area contributed by atoms with E-state index in [0.717, 1.165) is 58.4 Å². The average Bonchev–Trinajstić information content (AvgIpc) is 2.98. The molecule has 1 fully saturated rings. The minimum absolute atomic E-state index is 0.116. The van der Waals surface area contributed by atoms with Crippen LogP contribution in [0, 0.1) is 0 Å². The molecule has 196 valence electrons. The summed E-state index contributed by atoms with van der Waals surface area (Å²) in [5.74, 6) is 2.96. The van der Waals surface area contributed by atoms with Crippen molar-refractivity contribution in [3.05, 3.63) is 78.9 Å². The topological polar surface area (TPSA) is 77.5 Å². The summed E-state index contributed by atoms with van der Waals surface area (Å²) in [6.45, 7) is 3.20. The van der Waals surface area contributed by atoms with Gasteiger partial charge in [-0.2, -0.15) is 0 Å². The van der Waals surface area contributed by atoms with E-state index in [1.165, 1.54) is 12.8 Å². The molecule has 1 aromatic heterocycles. The van der Waals surface area contributed by atoms with E-state index >= 15 is 0 Å². The first-order valence-corrected chi connectivity index (χ1v) is 13.1. The Morgan fingerprint density at radius 2 is 1.32 bits per heavy atom. The van der Waals surface area contributed by atoms with Crippen molar-refractivity contribution in [1.29, 1.82) is 0 Å². The number of aromatic nitrogens is 2. The zero-order chi connectivity index (χ0) is 26.3. The normalized spacial score (nSPS) is 15.9. The summed E-state index contributed by atoms with van der Waals surface area (Å²) < 4.78 is 16.8. The number of anilines is 2. The van der Waals surface area contributed by atoms with E-state index in [1.807, 2.05) is 78.9 Å². The molecule has 2 heterocycles. The van der Waals surface area contributed by atoms with Crippen LogP contribution in [0.2, 0.25) is 0 Å². The van der Waals surface area contributed by atoms with Crippen LogP contribution in [0.3, 0.4) is 0 Å². The molecule has 1 saturated heterocycles. The van der Waals surface area contributed by atoms with E-state index in [2.05, 4.69) is 17.6 Å². The summed E-state index contributed by atoms with van der Waals surface area (Å²) in [4.78, 5) is 9.64. The molecule has 7 heteroatoms. The lowest BCUT2D eigenvalue weighted by atomic mass is 10.0. The van der Waals surface area contributed by atoms with Gasteiger partial charge >= 0.3 is 0 Å². The van der Waals surface area contributed by atoms with E-state index in [1.54, 1.807) is 14.2 Å². The van der Waals surface area contributed by atoms with Crippen LogP contribution < -0.4 is 24.8 Å². The maximum atomic E-state index is 6.21. The predicted molar refractivity (Wildman–Crippen MR) is 151 cm³/mol. The lowest BCUT2D eigenvalue weighted by molar-refractivity contribution is 0.152. The van der Waals surface area contributed by atoms with Crippen LogP contribution in [0.25, 0.3) is 22.5 Å². The van der Waals surface area contributed by atoms with Crippen molar-refractivity contribution < 1.29 is 14.2 Å². The van der Waals surface area contributed by atoms with Gasteiger partial charge in [0.05, 0.1) is 25.6 Å². The summed E-state index contributed by atoms with van der Waals surface area (Å²) in [5, 5.41) is 6.94. The van der Waals surface area contributed by atoms with Gasteiger partial charge in [0.15, 0.2) is 0 Å². The van der Waals surface area contributed by atoms with Crippen LogP contribution in [0.4, 0.5) is 11.6 Å². The molecule has 2 N–H and O–H groups in total. The van der Waals surface area contributed by atoms with E-state index in [4.69, 9.17) is 24.2 Å². The van der Waals surface area contributed by atoms with Gasteiger partial charge in [0.1, 0.15) is 23.4 Å². The largest absolute Gasteiger partial charge is 0.497 e. The summed E-state index contributed by atoms with van der Waals surface area (Å²) in [5.41, 5.74) is 4.45. The maximum absolute atomic E-state index is 6.21. The van der Waals surface area contributed by atoms with Gasteiger partial charge < -0.3 is 24.8 Å². The number of rotatable bonds is 9. The molecule has 2 unspecified atom stereocenters. The molecular formula is C31H34N4O3. The zero-order valence-corrected chi connectivity index (χ0v) is 22.1. The van der Waals surface area contributed by atoms with Crippen LogP contribution in [-0.4, -0.2) is 42.9 Å². The van der Waals surface area contributed by atoms with Crippen molar-refractivity contribution in [2.75, 3.05) is 26.1 Å². The molecule has 5 rings (SSSR count). The first-order chi connectivity index (χ1) is 18.6. The number of nitrogens with zero attached hydrogens (tertiary/aromatic N) is 2.